The molecule has 2 rings (SSSR count). The molecule has 1 N–H and O–H groups in total. The molecule has 1 aliphatic heterocycles. The smallest absolute Gasteiger partial charge is 0.121 e. The van der Waals surface area contributed by atoms with E-state index in [4.69, 9.17) is 10.00 Å². The van der Waals surface area contributed by atoms with Crippen molar-refractivity contribution >= 4 is 5.69 Å². The maximum absolute atomic E-state index is 8.51. The lowest BCUT2D eigenvalue weighted by atomic mass is 10.1. The minimum absolute atomic E-state index is 0.545. The number of benzene rings is 1. The summed E-state index contributed by atoms with van der Waals surface area (Å²) >= 11 is 0. The Bertz CT molecular complexity index is 469. The molecule has 0 aromatic heterocycles. The lowest BCUT2D eigenvalue weighted by molar-refractivity contribution is 0.313. The van der Waals surface area contributed by atoms with Gasteiger partial charge in [-0.25, -0.2) is 0 Å². The number of nitrogens with zero attached hydrogens (tertiary/aromatic N) is 2. The highest BCUT2D eigenvalue weighted by Crippen LogP contribution is 2.21. The monoisotopic (exact) mass is 287 g/mol. The van der Waals surface area contributed by atoms with Gasteiger partial charge in [0.05, 0.1) is 12.7 Å². The first-order chi connectivity index (χ1) is 10.3. The van der Waals surface area contributed by atoms with Gasteiger partial charge >= 0.3 is 0 Å². The lowest BCUT2D eigenvalue weighted by Crippen LogP contribution is -2.22. The fourth-order valence-electron chi connectivity index (χ4n) is 2.64. The summed E-state index contributed by atoms with van der Waals surface area (Å²) < 4.78 is 5.68. The molecule has 0 bridgehead atoms. The van der Waals surface area contributed by atoms with Gasteiger partial charge in [0.1, 0.15) is 5.75 Å². The minimum Gasteiger partial charge on any atom is -0.493 e. The van der Waals surface area contributed by atoms with Crippen LogP contribution in [-0.2, 0) is 0 Å². The fraction of sp³-hybridized carbons (Fsp3) is 0.588. The summed E-state index contributed by atoms with van der Waals surface area (Å²) in [4.78, 5) is 2.40. The number of nitrogens with one attached hydrogen (secondary N) is 1. The molecule has 4 heteroatoms. The van der Waals surface area contributed by atoms with Crippen LogP contribution in [0.2, 0.25) is 0 Å². The molecule has 114 valence electrons. The summed E-state index contributed by atoms with van der Waals surface area (Å²) in [5, 5.41) is 12.1. The molecule has 1 saturated heterocycles. The Kier molecular flexibility index (Phi) is 6.36. The van der Waals surface area contributed by atoms with Crippen molar-refractivity contribution in [2.24, 2.45) is 0 Å². The van der Waals surface area contributed by atoms with Crippen molar-refractivity contribution < 1.29 is 4.74 Å². The molecule has 0 amide bonds. The van der Waals surface area contributed by atoms with Crippen LogP contribution in [0.25, 0.3) is 0 Å². The van der Waals surface area contributed by atoms with E-state index in [2.05, 4.69) is 35.5 Å². The number of likely N-dealkylation sites (tertiary alicyclic amines) is 1. The molecule has 0 aliphatic carbocycles. The van der Waals surface area contributed by atoms with Crippen LogP contribution < -0.4 is 10.1 Å². The maximum atomic E-state index is 8.51. The van der Waals surface area contributed by atoms with E-state index in [1.54, 1.807) is 0 Å². The third-order valence-corrected chi connectivity index (χ3v) is 3.86. The molecular formula is C17H25N3O. The Morgan fingerprint density at radius 3 is 3.14 bits per heavy atom. The van der Waals surface area contributed by atoms with Crippen molar-refractivity contribution in [2.75, 3.05) is 32.1 Å². The first kappa shape index (κ1) is 15.7. The van der Waals surface area contributed by atoms with Gasteiger partial charge in [0, 0.05) is 24.2 Å². The molecule has 0 saturated carbocycles. The zero-order chi connectivity index (χ0) is 14.9. The standard InChI is InChI=1S/C17H25N3O/c1-20-11-5-7-15(9-12-20)19-16-6-4-8-17(14-16)21-13-3-2-10-18/h4,6,8,14-15,19H,2-3,5,7,9,11-13H2,1H3. The quantitative estimate of drug-likeness (QED) is 0.816. The van der Waals surface area contributed by atoms with E-state index in [-0.39, 0.29) is 0 Å². The van der Waals surface area contributed by atoms with Crippen LogP contribution in [0, 0.1) is 11.3 Å². The Morgan fingerprint density at radius 1 is 1.38 bits per heavy atom. The van der Waals surface area contributed by atoms with Crippen molar-refractivity contribution in [1.29, 1.82) is 5.26 Å². The summed E-state index contributed by atoms with van der Waals surface area (Å²) in [5.41, 5.74) is 1.13. The van der Waals surface area contributed by atoms with Gasteiger partial charge in [-0.3, -0.25) is 0 Å². The number of ether oxygens (including phenoxy) is 1. The summed E-state index contributed by atoms with van der Waals surface area (Å²) in [6.07, 6.45) is 4.98. The van der Waals surface area contributed by atoms with Crippen molar-refractivity contribution in [3.05, 3.63) is 24.3 Å². The van der Waals surface area contributed by atoms with Gasteiger partial charge in [-0.1, -0.05) is 6.07 Å². The second-order valence-corrected chi connectivity index (χ2v) is 5.71. The van der Waals surface area contributed by atoms with E-state index in [0.29, 0.717) is 19.1 Å². The van der Waals surface area contributed by atoms with Crippen LogP contribution in [0.4, 0.5) is 5.69 Å². The van der Waals surface area contributed by atoms with Gasteiger partial charge in [-0.05, 0) is 58.0 Å². The Hall–Kier alpha value is -1.73. The molecule has 1 aromatic carbocycles. The van der Waals surface area contributed by atoms with Crippen LogP contribution in [0.5, 0.6) is 5.75 Å². The predicted octanol–water partition coefficient (Wildman–Crippen LogP) is 3.27. The Balaban J connectivity index is 1.84. The van der Waals surface area contributed by atoms with Crippen molar-refractivity contribution in [2.45, 2.75) is 38.1 Å². The second kappa shape index (κ2) is 8.53. The van der Waals surface area contributed by atoms with Crippen molar-refractivity contribution in [3.63, 3.8) is 0 Å². The third kappa shape index (κ3) is 5.65. The normalized spacial score (nSPS) is 19.5. The first-order valence-corrected chi connectivity index (χ1v) is 7.83. The van der Waals surface area contributed by atoms with E-state index in [1.807, 2.05) is 12.1 Å². The lowest BCUT2D eigenvalue weighted by Gasteiger charge is -2.18. The van der Waals surface area contributed by atoms with Gasteiger partial charge in [0.2, 0.25) is 0 Å². The molecule has 0 spiro atoms. The van der Waals surface area contributed by atoms with E-state index < -0.39 is 0 Å². The summed E-state index contributed by atoms with van der Waals surface area (Å²) in [6.45, 7) is 2.95. The number of hydrogen-bond acceptors (Lipinski definition) is 4. The van der Waals surface area contributed by atoms with Gasteiger partial charge in [0.15, 0.2) is 0 Å². The Morgan fingerprint density at radius 2 is 2.29 bits per heavy atom. The highest BCUT2D eigenvalue weighted by atomic mass is 16.5. The highest BCUT2D eigenvalue weighted by molar-refractivity contribution is 5.48. The van der Waals surface area contributed by atoms with Crippen molar-refractivity contribution in [1.82, 2.24) is 4.90 Å². The molecule has 1 fully saturated rings. The van der Waals surface area contributed by atoms with Crippen LogP contribution in [-0.4, -0.2) is 37.7 Å². The Labute approximate surface area is 127 Å². The van der Waals surface area contributed by atoms with Gasteiger partial charge in [-0.15, -0.1) is 0 Å². The third-order valence-electron chi connectivity index (χ3n) is 3.86. The number of nitriles is 1. The maximum Gasteiger partial charge on any atom is 0.121 e. The molecule has 1 unspecified atom stereocenters. The number of anilines is 1. The van der Waals surface area contributed by atoms with Gasteiger partial charge in [0.25, 0.3) is 0 Å². The molecule has 1 atom stereocenters. The van der Waals surface area contributed by atoms with E-state index in [1.165, 1.54) is 25.8 Å². The average molecular weight is 287 g/mol. The zero-order valence-electron chi connectivity index (χ0n) is 12.8. The topological polar surface area (TPSA) is 48.3 Å². The highest BCUT2D eigenvalue weighted by Gasteiger charge is 2.14. The molecule has 4 nitrogen and oxygen atoms in total. The summed E-state index contributed by atoms with van der Waals surface area (Å²) in [6, 6.07) is 10.8. The molecule has 21 heavy (non-hydrogen) atoms. The van der Waals surface area contributed by atoms with E-state index in [0.717, 1.165) is 24.4 Å². The predicted molar refractivity (Wildman–Crippen MR) is 85.5 cm³/mol. The fourth-order valence-corrected chi connectivity index (χ4v) is 2.64. The zero-order valence-corrected chi connectivity index (χ0v) is 12.8. The molecule has 0 radical (unpaired) electrons. The molecule has 1 aromatic rings. The summed E-state index contributed by atoms with van der Waals surface area (Å²) in [7, 11) is 2.19. The number of hydrogen-bond donors (Lipinski definition) is 1. The summed E-state index contributed by atoms with van der Waals surface area (Å²) in [5.74, 6) is 0.878. The van der Waals surface area contributed by atoms with Crippen LogP contribution in [0.3, 0.4) is 0 Å². The van der Waals surface area contributed by atoms with Crippen LogP contribution >= 0.6 is 0 Å². The first-order valence-electron chi connectivity index (χ1n) is 7.83. The van der Waals surface area contributed by atoms with Crippen molar-refractivity contribution in [3.8, 4) is 11.8 Å². The second-order valence-electron chi connectivity index (χ2n) is 5.71. The van der Waals surface area contributed by atoms with Gasteiger partial charge < -0.3 is 15.0 Å². The SMILES string of the molecule is CN1CCCC(Nc2cccc(OCCCC#N)c2)CC1. The van der Waals surface area contributed by atoms with Gasteiger partial charge in [-0.2, -0.15) is 5.26 Å². The molecule has 1 heterocycles. The number of unbranched alkanes of at least 4 members (excludes halogenated alkanes) is 1. The van der Waals surface area contributed by atoms with Crippen LogP contribution in [0.15, 0.2) is 24.3 Å². The minimum atomic E-state index is 0.545. The molecular weight excluding hydrogens is 262 g/mol. The largest absolute Gasteiger partial charge is 0.493 e. The van der Waals surface area contributed by atoms with E-state index in [9.17, 15) is 0 Å². The van der Waals surface area contributed by atoms with Crippen LogP contribution in [0.1, 0.15) is 32.1 Å². The average Bonchev–Trinajstić information content (AvgIpc) is 2.69. The molecule has 1 aliphatic rings. The number of rotatable bonds is 6. The van der Waals surface area contributed by atoms with E-state index >= 15 is 0 Å².